The van der Waals surface area contributed by atoms with Crippen molar-refractivity contribution in [3.8, 4) is 17.2 Å². The molecule has 0 N–H and O–H groups in total. The van der Waals surface area contributed by atoms with Gasteiger partial charge in [0.2, 0.25) is 0 Å². The number of carbonyl (C=O) groups excluding carboxylic acids is 1. The Morgan fingerprint density at radius 2 is 1.64 bits per heavy atom. The largest absolute Gasteiger partial charge is 0.496 e. The summed E-state index contributed by atoms with van der Waals surface area (Å²) >= 11 is 0. The molecule has 0 saturated carbocycles. The Bertz CT molecular complexity index is 856. The lowest BCUT2D eigenvalue weighted by molar-refractivity contribution is 0.104. The summed E-state index contributed by atoms with van der Waals surface area (Å²) in [5, 5.41) is 0. The molecule has 2 aromatic carbocycles. The van der Waals surface area contributed by atoms with E-state index in [1.165, 1.54) is 0 Å². The van der Waals surface area contributed by atoms with Crippen LogP contribution in [0.2, 0.25) is 0 Å². The molecule has 1 aliphatic heterocycles. The zero-order valence-electron chi connectivity index (χ0n) is 16.4. The molecule has 6 nitrogen and oxygen atoms in total. The van der Waals surface area contributed by atoms with Crippen molar-refractivity contribution in [1.29, 1.82) is 0 Å². The molecule has 0 spiro atoms. The third-order valence-electron chi connectivity index (χ3n) is 4.66. The number of benzene rings is 2. The summed E-state index contributed by atoms with van der Waals surface area (Å²) in [5.74, 6) is 1.67. The number of hydrogen-bond donors (Lipinski definition) is 0. The summed E-state index contributed by atoms with van der Waals surface area (Å²) in [4.78, 5) is 14.9. The maximum absolute atomic E-state index is 12.7. The van der Waals surface area contributed by atoms with Crippen LogP contribution in [0.25, 0.3) is 6.08 Å². The second-order valence-corrected chi connectivity index (χ2v) is 6.30. The van der Waals surface area contributed by atoms with Crippen LogP contribution < -0.4 is 19.1 Å². The molecule has 1 aliphatic rings. The summed E-state index contributed by atoms with van der Waals surface area (Å²) < 4.78 is 21.4. The first-order valence-electron chi connectivity index (χ1n) is 9.11. The van der Waals surface area contributed by atoms with Crippen LogP contribution in [0, 0.1) is 0 Å². The quantitative estimate of drug-likeness (QED) is 0.539. The molecule has 2 aromatic rings. The monoisotopic (exact) mass is 383 g/mol. The molecule has 1 saturated heterocycles. The zero-order chi connectivity index (χ0) is 19.9. The summed E-state index contributed by atoms with van der Waals surface area (Å²) in [6, 6.07) is 11.2. The normalized spacial score (nSPS) is 14.2. The molecule has 0 aliphatic carbocycles. The Labute approximate surface area is 165 Å². The molecule has 0 aromatic heterocycles. The number of morpholine rings is 1. The van der Waals surface area contributed by atoms with Crippen molar-refractivity contribution in [2.75, 3.05) is 52.5 Å². The molecule has 0 amide bonds. The number of hydrogen-bond acceptors (Lipinski definition) is 6. The maximum Gasteiger partial charge on any atom is 0.185 e. The van der Waals surface area contributed by atoms with Crippen molar-refractivity contribution >= 4 is 17.5 Å². The van der Waals surface area contributed by atoms with Gasteiger partial charge in [0.25, 0.3) is 0 Å². The lowest BCUT2D eigenvalue weighted by Crippen LogP contribution is -2.36. The first-order chi connectivity index (χ1) is 13.7. The fourth-order valence-corrected chi connectivity index (χ4v) is 3.12. The van der Waals surface area contributed by atoms with Crippen LogP contribution in [0.4, 0.5) is 5.69 Å². The second kappa shape index (κ2) is 9.28. The minimum absolute atomic E-state index is 0.0769. The maximum atomic E-state index is 12.7. The number of ether oxygens (including phenoxy) is 4. The van der Waals surface area contributed by atoms with Gasteiger partial charge >= 0.3 is 0 Å². The molecule has 6 heteroatoms. The van der Waals surface area contributed by atoms with Gasteiger partial charge in [-0.1, -0.05) is 12.1 Å². The average molecular weight is 383 g/mol. The number of nitrogens with zero attached hydrogens (tertiary/aromatic N) is 1. The number of methoxy groups -OCH3 is 3. The third kappa shape index (κ3) is 4.46. The number of ketones is 1. The minimum atomic E-state index is -0.0769. The Kier molecular flexibility index (Phi) is 6.55. The predicted molar refractivity (Wildman–Crippen MR) is 109 cm³/mol. The van der Waals surface area contributed by atoms with Crippen molar-refractivity contribution in [1.82, 2.24) is 0 Å². The summed E-state index contributed by atoms with van der Waals surface area (Å²) in [7, 11) is 4.71. The minimum Gasteiger partial charge on any atom is -0.496 e. The van der Waals surface area contributed by atoms with Crippen LogP contribution in [-0.2, 0) is 4.74 Å². The van der Waals surface area contributed by atoms with Crippen molar-refractivity contribution in [2.24, 2.45) is 0 Å². The van der Waals surface area contributed by atoms with Crippen LogP contribution in [0.5, 0.6) is 17.2 Å². The van der Waals surface area contributed by atoms with E-state index in [1.54, 1.807) is 45.6 Å². The predicted octanol–water partition coefficient (Wildman–Crippen LogP) is 3.45. The number of allylic oxidation sites excluding steroid dienone is 1. The third-order valence-corrected chi connectivity index (χ3v) is 4.66. The van der Waals surface area contributed by atoms with Gasteiger partial charge in [-0.05, 0) is 30.4 Å². The topological polar surface area (TPSA) is 57.2 Å². The molecule has 28 heavy (non-hydrogen) atoms. The van der Waals surface area contributed by atoms with Gasteiger partial charge in [-0.3, -0.25) is 4.79 Å². The van der Waals surface area contributed by atoms with Crippen LogP contribution in [0.3, 0.4) is 0 Å². The smallest absolute Gasteiger partial charge is 0.185 e. The van der Waals surface area contributed by atoms with E-state index in [9.17, 15) is 4.79 Å². The van der Waals surface area contributed by atoms with Crippen LogP contribution >= 0.6 is 0 Å². The molecule has 1 heterocycles. The van der Waals surface area contributed by atoms with E-state index in [0.29, 0.717) is 36.0 Å². The van der Waals surface area contributed by atoms with Gasteiger partial charge in [0.05, 0.1) is 34.5 Å². The SMILES string of the molecule is COc1cc(OC)c(OC)cc1/C=C/C(=O)c1cccc(N2CCOCC2)c1. The second-order valence-electron chi connectivity index (χ2n) is 6.30. The van der Waals surface area contributed by atoms with E-state index in [1.807, 2.05) is 24.3 Å². The van der Waals surface area contributed by atoms with E-state index in [-0.39, 0.29) is 5.78 Å². The lowest BCUT2D eigenvalue weighted by Gasteiger charge is -2.29. The first kappa shape index (κ1) is 19.8. The molecule has 0 radical (unpaired) electrons. The van der Waals surface area contributed by atoms with Gasteiger partial charge in [0.15, 0.2) is 17.3 Å². The summed E-state index contributed by atoms with van der Waals surface area (Å²) in [5.41, 5.74) is 2.41. The van der Waals surface area contributed by atoms with E-state index in [0.717, 1.165) is 24.3 Å². The van der Waals surface area contributed by atoms with Gasteiger partial charge in [-0.15, -0.1) is 0 Å². The van der Waals surface area contributed by atoms with Crippen LogP contribution in [-0.4, -0.2) is 53.4 Å². The Hall–Kier alpha value is -2.99. The number of rotatable bonds is 7. The van der Waals surface area contributed by atoms with Gasteiger partial charge < -0.3 is 23.8 Å². The van der Waals surface area contributed by atoms with Gasteiger partial charge in [-0.25, -0.2) is 0 Å². The number of anilines is 1. The lowest BCUT2D eigenvalue weighted by atomic mass is 10.1. The molecule has 1 fully saturated rings. The van der Waals surface area contributed by atoms with Crippen molar-refractivity contribution in [3.05, 3.63) is 53.6 Å². The summed E-state index contributed by atoms with van der Waals surface area (Å²) in [6.45, 7) is 3.07. The Balaban J connectivity index is 1.82. The fraction of sp³-hybridized carbons (Fsp3) is 0.318. The molecule has 3 rings (SSSR count). The molecule has 0 unspecified atom stereocenters. The highest BCUT2D eigenvalue weighted by Gasteiger charge is 2.13. The van der Waals surface area contributed by atoms with Gasteiger partial charge in [0.1, 0.15) is 5.75 Å². The van der Waals surface area contributed by atoms with Crippen molar-refractivity contribution < 1.29 is 23.7 Å². The standard InChI is InChI=1S/C22H25NO5/c1-25-20-15-22(27-3)21(26-2)14-17(20)7-8-19(24)16-5-4-6-18(13-16)23-9-11-28-12-10-23/h4-8,13-15H,9-12H2,1-3H3/b8-7+. The molecule has 0 bridgehead atoms. The van der Waals surface area contributed by atoms with Crippen LogP contribution in [0.1, 0.15) is 15.9 Å². The molecule has 148 valence electrons. The van der Waals surface area contributed by atoms with Crippen molar-refractivity contribution in [2.45, 2.75) is 0 Å². The molecule has 0 atom stereocenters. The van der Waals surface area contributed by atoms with E-state index in [4.69, 9.17) is 18.9 Å². The van der Waals surface area contributed by atoms with Gasteiger partial charge in [-0.2, -0.15) is 0 Å². The van der Waals surface area contributed by atoms with Crippen molar-refractivity contribution in [3.63, 3.8) is 0 Å². The molecular weight excluding hydrogens is 358 g/mol. The number of carbonyl (C=O) groups is 1. The zero-order valence-corrected chi connectivity index (χ0v) is 16.4. The highest BCUT2D eigenvalue weighted by atomic mass is 16.5. The Morgan fingerprint density at radius 1 is 0.964 bits per heavy atom. The molecular formula is C22H25NO5. The van der Waals surface area contributed by atoms with E-state index in [2.05, 4.69) is 4.90 Å². The highest BCUT2D eigenvalue weighted by molar-refractivity contribution is 6.07. The first-order valence-corrected chi connectivity index (χ1v) is 9.11. The average Bonchev–Trinajstić information content (AvgIpc) is 2.77. The van der Waals surface area contributed by atoms with Gasteiger partial charge in [0, 0.05) is 36.0 Å². The fourth-order valence-electron chi connectivity index (χ4n) is 3.12. The van der Waals surface area contributed by atoms with E-state index >= 15 is 0 Å². The van der Waals surface area contributed by atoms with Crippen LogP contribution in [0.15, 0.2) is 42.5 Å². The van der Waals surface area contributed by atoms with E-state index < -0.39 is 0 Å². The Morgan fingerprint density at radius 3 is 2.32 bits per heavy atom. The summed E-state index contributed by atoms with van der Waals surface area (Å²) in [6.07, 6.45) is 3.27. The highest BCUT2D eigenvalue weighted by Crippen LogP contribution is 2.35.